The number of hydrogen-bond acceptors (Lipinski definition) is 3. The zero-order valence-electron chi connectivity index (χ0n) is 12.1. The van der Waals surface area contributed by atoms with E-state index in [1.807, 2.05) is 12.1 Å². The van der Waals surface area contributed by atoms with Crippen LogP contribution in [-0.2, 0) is 17.8 Å². The Kier molecular flexibility index (Phi) is 4.34. The Labute approximate surface area is 125 Å². The van der Waals surface area contributed by atoms with Gasteiger partial charge in [0.25, 0.3) is 0 Å². The Morgan fingerprint density at radius 2 is 1.33 bits per heavy atom. The largest absolute Gasteiger partial charge is 0.384 e. The fourth-order valence-electron chi connectivity index (χ4n) is 2.70. The van der Waals surface area contributed by atoms with Crippen LogP contribution in [-0.4, -0.2) is 35.4 Å². The van der Waals surface area contributed by atoms with Crippen LogP contribution < -0.4 is 0 Å². The predicted molar refractivity (Wildman–Crippen MR) is 82.8 cm³/mol. The molecule has 110 valence electrons. The Hall–Kier alpha value is -1.68. The van der Waals surface area contributed by atoms with Crippen molar-refractivity contribution < 1.29 is 9.84 Å². The van der Waals surface area contributed by atoms with Crippen LogP contribution in [0.2, 0.25) is 0 Å². The molecule has 2 aromatic carbocycles. The normalized spacial score (nSPS) is 16.7. The van der Waals surface area contributed by atoms with Crippen LogP contribution in [0.4, 0.5) is 0 Å². The van der Waals surface area contributed by atoms with Gasteiger partial charge in [0, 0.05) is 19.6 Å². The summed E-state index contributed by atoms with van der Waals surface area (Å²) in [6.07, 6.45) is 0. The topological polar surface area (TPSA) is 32.7 Å². The maximum atomic E-state index is 10.4. The smallest absolute Gasteiger partial charge is 0.124 e. The lowest BCUT2D eigenvalue weighted by Gasteiger charge is -2.40. The molecule has 0 bridgehead atoms. The Balaban J connectivity index is 1.71. The van der Waals surface area contributed by atoms with Gasteiger partial charge in [-0.1, -0.05) is 60.7 Å². The Morgan fingerprint density at radius 1 is 0.857 bits per heavy atom. The maximum absolute atomic E-state index is 10.4. The summed E-state index contributed by atoms with van der Waals surface area (Å²) in [5.74, 6) is 0. The standard InChI is InChI=1S/C18H21NO2/c20-18(14-21-15-18)13-19(11-16-7-3-1-4-8-16)12-17-9-5-2-6-10-17/h1-10,20H,11-15H2. The third-order valence-corrected chi connectivity index (χ3v) is 3.76. The highest BCUT2D eigenvalue weighted by Gasteiger charge is 2.37. The van der Waals surface area contributed by atoms with Gasteiger partial charge in [-0.25, -0.2) is 0 Å². The molecule has 1 heterocycles. The zero-order chi connectivity index (χ0) is 14.5. The van der Waals surface area contributed by atoms with Crippen molar-refractivity contribution in [3.05, 3.63) is 71.8 Å². The van der Waals surface area contributed by atoms with E-state index in [9.17, 15) is 5.11 Å². The zero-order valence-corrected chi connectivity index (χ0v) is 12.1. The molecular weight excluding hydrogens is 262 g/mol. The molecule has 0 aliphatic carbocycles. The SMILES string of the molecule is OC1(CN(Cc2ccccc2)Cc2ccccc2)COC1. The molecule has 1 N–H and O–H groups in total. The monoisotopic (exact) mass is 283 g/mol. The highest BCUT2D eigenvalue weighted by atomic mass is 16.5. The van der Waals surface area contributed by atoms with Crippen LogP contribution in [0, 0.1) is 0 Å². The fourth-order valence-corrected chi connectivity index (χ4v) is 2.70. The fraction of sp³-hybridized carbons (Fsp3) is 0.333. The molecule has 0 radical (unpaired) electrons. The number of rotatable bonds is 6. The van der Waals surface area contributed by atoms with E-state index < -0.39 is 5.60 Å². The summed E-state index contributed by atoms with van der Waals surface area (Å²) in [5.41, 5.74) is 1.83. The molecule has 2 aromatic rings. The van der Waals surface area contributed by atoms with Gasteiger partial charge in [0.2, 0.25) is 0 Å². The lowest BCUT2D eigenvalue weighted by atomic mass is 10.0. The molecule has 0 aromatic heterocycles. The highest BCUT2D eigenvalue weighted by molar-refractivity contribution is 5.17. The van der Waals surface area contributed by atoms with Gasteiger partial charge in [-0.3, -0.25) is 4.90 Å². The third-order valence-electron chi connectivity index (χ3n) is 3.76. The number of hydrogen-bond donors (Lipinski definition) is 1. The van der Waals surface area contributed by atoms with Crippen molar-refractivity contribution in [3.63, 3.8) is 0 Å². The summed E-state index contributed by atoms with van der Waals surface area (Å²) in [5, 5.41) is 10.4. The summed E-state index contributed by atoms with van der Waals surface area (Å²) in [4.78, 5) is 2.28. The lowest BCUT2D eigenvalue weighted by molar-refractivity contribution is -0.188. The molecule has 3 rings (SSSR count). The van der Waals surface area contributed by atoms with E-state index in [1.165, 1.54) is 11.1 Å². The van der Waals surface area contributed by atoms with E-state index in [0.717, 1.165) is 13.1 Å². The van der Waals surface area contributed by atoms with E-state index in [-0.39, 0.29) is 0 Å². The molecular formula is C18H21NO2. The van der Waals surface area contributed by atoms with Gasteiger partial charge in [-0.15, -0.1) is 0 Å². The van der Waals surface area contributed by atoms with Crippen molar-refractivity contribution in [3.8, 4) is 0 Å². The average Bonchev–Trinajstić information content (AvgIpc) is 2.48. The molecule has 1 aliphatic heterocycles. The molecule has 1 aliphatic rings. The molecule has 3 heteroatoms. The first kappa shape index (κ1) is 14.3. The molecule has 0 unspecified atom stereocenters. The van der Waals surface area contributed by atoms with Gasteiger partial charge in [0.1, 0.15) is 5.60 Å². The van der Waals surface area contributed by atoms with Crippen LogP contribution >= 0.6 is 0 Å². The first-order valence-corrected chi connectivity index (χ1v) is 7.34. The van der Waals surface area contributed by atoms with Crippen molar-refractivity contribution in [2.45, 2.75) is 18.7 Å². The van der Waals surface area contributed by atoms with E-state index >= 15 is 0 Å². The molecule has 21 heavy (non-hydrogen) atoms. The van der Waals surface area contributed by atoms with Gasteiger partial charge in [0.05, 0.1) is 13.2 Å². The predicted octanol–water partition coefficient (Wildman–Crippen LogP) is 2.45. The van der Waals surface area contributed by atoms with Crippen molar-refractivity contribution in [2.75, 3.05) is 19.8 Å². The molecule has 1 saturated heterocycles. The first-order valence-electron chi connectivity index (χ1n) is 7.34. The number of nitrogens with zero attached hydrogens (tertiary/aromatic N) is 1. The first-order chi connectivity index (χ1) is 10.2. The molecule has 0 atom stereocenters. The highest BCUT2D eigenvalue weighted by Crippen LogP contribution is 2.20. The van der Waals surface area contributed by atoms with E-state index in [1.54, 1.807) is 0 Å². The minimum atomic E-state index is -0.691. The van der Waals surface area contributed by atoms with Crippen LogP contribution in [0.5, 0.6) is 0 Å². The van der Waals surface area contributed by atoms with Crippen LogP contribution in [0.25, 0.3) is 0 Å². The summed E-state index contributed by atoms with van der Waals surface area (Å²) >= 11 is 0. The second-order valence-corrected chi connectivity index (χ2v) is 5.83. The summed E-state index contributed by atoms with van der Waals surface area (Å²) in [7, 11) is 0. The van der Waals surface area contributed by atoms with Crippen LogP contribution in [0.1, 0.15) is 11.1 Å². The third kappa shape index (κ3) is 3.91. The van der Waals surface area contributed by atoms with Gasteiger partial charge >= 0.3 is 0 Å². The van der Waals surface area contributed by atoms with Gasteiger partial charge in [0.15, 0.2) is 0 Å². The van der Waals surface area contributed by atoms with Gasteiger partial charge in [-0.05, 0) is 11.1 Å². The van der Waals surface area contributed by atoms with E-state index in [2.05, 4.69) is 53.4 Å². The molecule has 0 amide bonds. The van der Waals surface area contributed by atoms with Crippen LogP contribution in [0.15, 0.2) is 60.7 Å². The van der Waals surface area contributed by atoms with Gasteiger partial charge < -0.3 is 9.84 Å². The van der Waals surface area contributed by atoms with Gasteiger partial charge in [-0.2, -0.15) is 0 Å². The second kappa shape index (κ2) is 6.39. The second-order valence-electron chi connectivity index (χ2n) is 5.83. The maximum Gasteiger partial charge on any atom is 0.124 e. The molecule has 3 nitrogen and oxygen atoms in total. The van der Waals surface area contributed by atoms with Crippen molar-refractivity contribution >= 4 is 0 Å². The number of ether oxygens (including phenoxy) is 1. The van der Waals surface area contributed by atoms with Crippen molar-refractivity contribution in [1.82, 2.24) is 4.90 Å². The molecule has 0 spiro atoms. The van der Waals surface area contributed by atoms with E-state index in [0.29, 0.717) is 19.8 Å². The van der Waals surface area contributed by atoms with E-state index in [4.69, 9.17) is 4.74 Å². The number of benzene rings is 2. The van der Waals surface area contributed by atoms with Crippen molar-refractivity contribution in [1.29, 1.82) is 0 Å². The quantitative estimate of drug-likeness (QED) is 0.884. The minimum absolute atomic E-state index is 0.438. The van der Waals surface area contributed by atoms with Crippen molar-refractivity contribution in [2.24, 2.45) is 0 Å². The summed E-state index contributed by atoms with van der Waals surface area (Å²) in [6, 6.07) is 20.8. The minimum Gasteiger partial charge on any atom is -0.384 e. The summed E-state index contributed by atoms with van der Waals surface area (Å²) < 4.78 is 5.16. The Morgan fingerprint density at radius 3 is 1.71 bits per heavy atom. The lowest BCUT2D eigenvalue weighted by Crippen LogP contribution is -2.56. The molecule has 1 fully saturated rings. The molecule has 0 saturated carbocycles. The summed E-state index contributed by atoms with van der Waals surface area (Å²) in [6.45, 7) is 3.17. The number of aliphatic hydroxyl groups is 1. The van der Waals surface area contributed by atoms with Crippen LogP contribution in [0.3, 0.4) is 0 Å². The average molecular weight is 283 g/mol. The Bertz CT molecular complexity index is 510.